The van der Waals surface area contributed by atoms with Crippen LogP contribution in [0.15, 0.2) is 48.8 Å². The minimum atomic E-state index is -0.444. The summed E-state index contributed by atoms with van der Waals surface area (Å²) in [5.41, 5.74) is 1.98. The third-order valence-corrected chi connectivity index (χ3v) is 2.98. The zero-order chi connectivity index (χ0) is 14.4. The first kappa shape index (κ1) is 14.1. The van der Waals surface area contributed by atoms with Crippen molar-refractivity contribution in [2.75, 3.05) is 13.7 Å². The van der Waals surface area contributed by atoms with E-state index in [1.54, 1.807) is 24.5 Å². The van der Waals surface area contributed by atoms with Gasteiger partial charge in [0.25, 0.3) is 0 Å². The number of hydrogen-bond acceptors (Lipinski definition) is 4. The molecule has 0 saturated carbocycles. The normalized spacial score (nSPS) is 11.7. The SMILES string of the molecule is COC(=O)C(COc1cccnc1)c1cccc(C)c1. The van der Waals surface area contributed by atoms with Crippen LogP contribution in [0.25, 0.3) is 0 Å². The van der Waals surface area contributed by atoms with Gasteiger partial charge in [0.05, 0.1) is 13.3 Å². The molecule has 2 rings (SSSR count). The van der Waals surface area contributed by atoms with E-state index in [4.69, 9.17) is 9.47 Å². The van der Waals surface area contributed by atoms with Gasteiger partial charge in [-0.1, -0.05) is 29.8 Å². The number of benzene rings is 1. The second kappa shape index (κ2) is 6.70. The molecule has 104 valence electrons. The molecule has 1 heterocycles. The van der Waals surface area contributed by atoms with E-state index >= 15 is 0 Å². The number of aromatic nitrogens is 1. The molecule has 1 aromatic heterocycles. The average Bonchev–Trinajstić information content (AvgIpc) is 2.48. The monoisotopic (exact) mass is 271 g/mol. The molecule has 0 spiro atoms. The first-order valence-corrected chi connectivity index (χ1v) is 6.38. The number of hydrogen-bond donors (Lipinski definition) is 0. The van der Waals surface area contributed by atoms with Gasteiger partial charge in [-0.05, 0) is 24.6 Å². The molecule has 20 heavy (non-hydrogen) atoms. The van der Waals surface area contributed by atoms with Gasteiger partial charge in [0, 0.05) is 6.20 Å². The molecule has 0 saturated heterocycles. The number of pyridine rings is 1. The van der Waals surface area contributed by atoms with Gasteiger partial charge in [0.2, 0.25) is 0 Å². The molecule has 2 aromatic rings. The molecule has 0 aliphatic carbocycles. The first-order chi connectivity index (χ1) is 9.70. The summed E-state index contributed by atoms with van der Waals surface area (Å²) in [6, 6.07) is 11.4. The van der Waals surface area contributed by atoms with E-state index in [2.05, 4.69) is 4.98 Å². The Morgan fingerprint density at radius 1 is 1.30 bits per heavy atom. The van der Waals surface area contributed by atoms with Crippen LogP contribution in [0.1, 0.15) is 17.0 Å². The molecular weight excluding hydrogens is 254 g/mol. The van der Waals surface area contributed by atoms with Crippen molar-refractivity contribution in [1.29, 1.82) is 0 Å². The lowest BCUT2D eigenvalue weighted by Crippen LogP contribution is -2.21. The van der Waals surface area contributed by atoms with E-state index in [9.17, 15) is 4.79 Å². The highest BCUT2D eigenvalue weighted by molar-refractivity contribution is 5.78. The molecule has 0 aliphatic heterocycles. The van der Waals surface area contributed by atoms with Gasteiger partial charge in [0.1, 0.15) is 18.3 Å². The smallest absolute Gasteiger partial charge is 0.316 e. The number of methoxy groups -OCH3 is 1. The van der Waals surface area contributed by atoms with Gasteiger partial charge in [-0.15, -0.1) is 0 Å². The second-order valence-electron chi connectivity index (χ2n) is 4.49. The highest BCUT2D eigenvalue weighted by Crippen LogP contribution is 2.20. The molecule has 0 fully saturated rings. The Morgan fingerprint density at radius 2 is 2.15 bits per heavy atom. The lowest BCUT2D eigenvalue weighted by atomic mass is 9.98. The van der Waals surface area contributed by atoms with Crippen LogP contribution in [-0.4, -0.2) is 24.7 Å². The van der Waals surface area contributed by atoms with Crippen molar-refractivity contribution in [1.82, 2.24) is 4.98 Å². The summed E-state index contributed by atoms with van der Waals surface area (Å²) in [7, 11) is 1.38. The van der Waals surface area contributed by atoms with Crippen molar-refractivity contribution in [3.63, 3.8) is 0 Å². The lowest BCUT2D eigenvalue weighted by molar-refractivity contribution is -0.143. The fourth-order valence-electron chi connectivity index (χ4n) is 1.94. The van der Waals surface area contributed by atoms with Crippen LogP contribution in [0.5, 0.6) is 5.75 Å². The number of carbonyl (C=O) groups is 1. The van der Waals surface area contributed by atoms with Gasteiger partial charge in [-0.3, -0.25) is 9.78 Å². The van der Waals surface area contributed by atoms with E-state index in [1.807, 2.05) is 31.2 Å². The van der Waals surface area contributed by atoms with Crippen LogP contribution in [0.3, 0.4) is 0 Å². The summed E-state index contributed by atoms with van der Waals surface area (Å²) in [6.07, 6.45) is 3.29. The standard InChI is InChI=1S/C16H17NO3/c1-12-5-3-6-13(9-12)15(16(18)19-2)11-20-14-7-4-8-17-10-14/h3-10,15H,11H2,1-2H3. The number of ether oxygens (including phenoxy) is 2. The molecule has 0 N–H and O–H groups in total. The molecule has 0 radical (unpaired) electrons. The molecule has 0 aliphatic rings. The Morgan fingerprint density at radius 3 is 2.80 bits per heavy atom. The van der Waals surface area contributed by atoms with Crippen molar-refractivity contribution < 1.29 is 14.3 Å². The predicted octanol–water partition coefficient (Wildman–Crippen LogP) is 2.73. The third-order valence-electron chi connectivity index (χ3n) is 2.98. The van der Waals surface area contributed by atoms with Crippen molar-refractivity contribution >= 4 is 5.97 Å². The Balaban J connectivity index is 2.14. The highest BCUT2D eigenvalue weighted by Gasteiger charge is 2.22. The number of carbonyl (C=O) groups excluding carboxylic acids is 1. The fraction of sp³-hybridized carbons (Fsp3) is 0.250. The zero-order valence-corrected chi connectivity index (χ0v) is 11.6. The molecule has 0 bridgehead atoms. The highest BCUT2D eigenvalue weighted by atomic mass is 16.5. The second-order valence-corrected chi connectivity index (χ2v) is 4.49. The Kier molecular flexibility index (Phi) is 4.71. The predicted molar refractivity (Wildman–Crippen MR) is 75.7 cm³/mol. The van der Waals surface area contributed by atoms with Crippen LogP contribution >= 0.6 is 0 Å². The van der Waals surface area contributed by atoms with Crippen molar-refractivity contribution in [3.05, 3.63) is 59.9 Å². The van der Waals surface area contributed by atoms with Crippen LogP contribution in [0.4, 0.5) is 0 Å². The summed E-state index contributed by atoms with van der Waals surface area (Å²) in [4.78, 5) is 15.9. The van der Waals surface area contributed by atoms with Gasteiger partial charge in [-0.2, -0.15) is 0 Å². The average molecular weight is 271 g/mol. The quantitative estimate of drug-likeness (QED) is 0.784. The maximum absolute atomic E-state index is 11.9. The minimum absolute atomic E-state index is 0.224. The van der Waals surface area contributed by atoms with Crippen LogP contribution in [-0.2, 0) is 9.53 Å². The van der Waals surface area contributed by atoms with E-state index in [1.165, 1.54) is 7.11 Å². The maximum Gasteiger partial charge on any atom is 0.316 e. The Labute approximate surface area is 118 Å². The first-order valence-electron chi connectivity index (χ1n) is 6.38. The van der Waals surface area contributed by atoms with E-state index in [-0.39, 0.29) is 12.6 Å². The van der Waals surface area contributed by atoms with Crippen molar-refractivity contribution in [2.45, 2.75) is 12.8 Å². The summed E-state index contributed by atoms with van der Waals surface area (Å²) < 4.78 is 10.5. The van der Waals surface area contributed by atoms with Gasteiger partial charge in [0.15, 0.2) is 0 Å². The zero-order valence-electron chi connectivity index (χ0n) is 11.6. The van der Waals surface area contributed by atoms with Crippen molar-refractivity contribution in [2.24, 2.45) is 0 Å². The maximum atomic E-state index is 11.9. The molecule has 0 amide bonds. The molecule has 4 heteroatoms. The van der Waals surface area contributed by atoms with E-state index in [0.717, 1.165) is 11.1 Å². The van der Waals surface area contributed by atoms with E-state index in [0.29, 0.717) is 5.75 Å². The molecule has 1 atom stereocenters. The Bertz CT molecular complexity index is 569. The number of nitrogens with zero attached hydrogens (tertiary/aromatic N) is 1. The van der Waals surface area contributed by atoms with Gasteiger partial charge < -0.3 is 9.47 Å². The molecule has 1 unspecified atom stereocenters. The summed E-state index contributed by atoms with van der Waals surface area (Å²) in [5.74, 6) is -0.117. The number of aryl methyl sites for hydroxylation is 1. The Hall–Kier alpha value is -2.36. The summed E-state index contributed by atoms with van der Waals surface area (Å²) in [5, 5.41) is 0. The van der Waals surface area contributed by atoms with Crippen LogP contribution in [0, 0.1) is 6.92 Å². The van der Waals surface area contributed by atoms with Gasteiger partial charge in [-0.25, -0.2) is 0 Å². The van der Waals surface area contributed by atoms with Crippen LogP contribution < -0.4 is 4.74 Å². The summed E-state index contributed by atoms with van der Waals surface area (Å²) >= 11 is 0. The number of esters is 1. The minimum Gasteiger partial charge on any atom is -0.491 e. The summed E-state index contributed by atoms with van der Waals surface area (Å²) in [6.45, 7) is 2.21. The topological polar surface area (TPSA) is 48.4 Å². The fourth-order valence-corrected chi connectivity index (χ4v) is 1.94. The van der Waals surface area contributed by atoms with Crippen LogP contribution in [0.2, 0.25) is 0 Å². The molecular formula is C16H17NO3. The van der Waals surface area contributed by atoms with E-state index < -0.39 is 5.92 Å². The largest absolute Gasteiger partial charge is 0.491 e. The number of rotatable bonds is 5. The molecule has 1 aromatic carbocycles. The van der Waals surface area contributed by atoms with Gasteiger partial charge >= 0.3 is 5.97 Å². The van der Waals surface area contributed by atoms with Crippen molar-refractivity contribution in [3.8, 4) is 5.75 Å². The molecule has 4 nitrogen and oxygen atoms in total. The third kappa shape index (κ3) is 3.57. The lowest BCUT2D eigenvalue weighted by Gasteiger charge is -2.16.